The van der Waals surface area contributed by atoms with Crippen molar-refractivity contribution in [1.29, 1.82) is 0 Å². The molecule has 29 heavy (non-hydrogen) atoms. The Morgan fingerprint density at radius 1 is 1.14 bits per heavy atom. The topological polar surface area (TPSA) is 104 Å². The number of nitrogens with one attached hydrogen (secondary N) is 1. The van der Waals surface area contributed by atoms with E-state index in [2.05, 4.69) is 25.3 Å². The summed E-state index contributed by atoms with van der Waals surface area (Å²) in [6.45, 7) is 1.51. The molecule has 2 atom stereocenters. The maximum Gasteiger partial charge on any atom is 0.257 e. The van der Waals surface area contributed by atoms with Crippen LogP contribution in [0.3, 0.4) is 0 Å². The quantitative estimate of drug-likeness (QED) is 0.799. The van der Waals surface area contributed by atoms with Crippen molar-refractivity contribution in [3.63, 3.8) is 0 Å². The van der Waals surface area contributed by atoms with Crippen molar-refractivity contribution in [2.75, 3.05) is 25.0 Å². The Morgan fingerprint density at radius 3 is 2.55 bits per heavy atom. The first kappa shape index (κ1) is 18.4. The van der Waals surface area contributed by atoms with Gasteiger partial charge in [0.1, 0.15) is 6.33 Å². The molecular formula is C21H26N6O2. The van der Waals surface area contributed by atoms with Gasteiger partial charge >= 0.3 is 0 Å². The molecule has 5 rings (SSSR count). The SMILES string of the molecule is O=C(c1cnc(NC2(c3cncnc3)CC2)nc1)N1C[C@@H]2CCCC[C@]2(CO)C1. The van der Waals surface area contributed by atoms with Gasteiger partial charge in [0.2, 0.25) is 5.95 Å². The Balaban J connectivity index is 1.28. The zero-order valence-electron chi connectivity index (χ0n) is 16.4. The van der Waals surface area contributed by atoms with E-state index in [0.29, 0.717) is 24.0 Å². The zero-order valence-corrected chi connectivity index (χ0v) is 16.4. The van der Waals surface area contributed by atoms with E-state index < -0.39 is 0 Å². The number of carbonyl (C=O) groups excluding carboxylic acids is 1. The molecule has 3 heterocycles. The van der Waals surface area contributed by atoms with Gasteiger partial charge in [-0.05, 0) is 31.6 Å². The van der Waals surface area contributed by atoms with Crippen molar-refractivity contribution in [3.8, 4) is 0 Å². The van der Waals surface area contributed by atoms with Crippen LogP contribution in [0.1, 0.15) is 54.4 Å². The zero-order chi connectivity index (χ0) is 19.9. The molecular weight excluding hydrogens is 368 g/mol. The number of hydrogen-bond acceptors (Lipinski definition) is 7. The van der Waals surface area contributed by atoms with E-state index in [4.69, 9.17) is 0 Å². The van der Waals surface area contributed by atoms with Crippen molar-refractivity contribution in [2.45, 2.75) is 44.1 Å². The molecule has 0 radical (unpaired) electrons. The molecule has 152 valence electrons. The first-order valence-corrected chi connectivity index (χ1v) is 10.4. The lowest BCUT2D eigenvalue weighted by Gasteiger charge is -2.36. The van der Waals surface area contributed by atoms with E-state index in [1.165, 1.54) is 12.7 Å². The standard InChI is InChI=1S/C21H26N6O2/c28-13-20-4-2-1-3-16(20)11-27(12-20)18(29)15-7-24-19(25-8-15)26-21(5-6-21)17-9-22-14-23-10-17/h7-10,14,16,28H,1-6,11-13H2,(H,24,25,26)/t16-,20+/m0/s1. The van der Waals surface area contributed by atoms with Gasteiger partial charge in [0, 0.05) is 48.9 Å². The Labute approximate surface area is 169 Å². The maximum absolute atomic E-state index is 13.0. The molecule has 2 aromatic rings. The number of aromatic nitrogens is 4. The Hall–Kier alpha value is -2.61. The van der Waals surface area contributed by atoms with Gasteiger partial charge in [-0.25, -0.2) is 19.9 Å². The number of aliphatic hydroxyl groups is 1. The fourth-order valence-electron chi connectivity index (χ4n) is 5.05. The minimum atomic E-state index is -0.203. The first-order valence-electron chi connectivity index (χ1n) is 10.4. The van der Waals surface area contributed by atoms with Crippen LogP contribution < -0.4 is 5.32 Å². The van der Waals surface area contributed by atoms with E-state index in [1.54, 1.807) is 12.4 Å². The van der Waals surface area contributed by atoms with Gasteiger partial charge < -0.3 is 15.3 Å². The molecule has 0 aromatic carbocycles. The molecule has 1 amide bonds. The number of amides is 1. The van der Waals surface area contributed by atoms with Crippen LogP contribution in [0.25, 0.3) is 0 Å². The highest BCUT2D eigenvalue weighted by molar-refractivity contribution is 5.94. The lowest BCUT2D eigenvalue weighted by molar-refractivity contribution is 0.0553. The van der Waals surface area contributed by atoms with Crippen molar-refractivity contribution in [3.05, 3.63) is 42.2 Å². The summed E-state index contributed by atoms with van der Waals surface area (Å²) >= 11 is 0. The predicted molar refractivity (Wildman–Crippen MR) is 106 cm³/mol. The highest BCUT2D eigenvalue weighted by Gasteiger charge is 2.49. The van der Waals surface area contributed by atoms with Gasteiger partial charge in [0.05, 0.1) is 17.7 Å². The van der Waals surface area contributed by atoms with Crippen LogP contribution in [-0.2, 0) is 5.54 Å². The summed E-state index contributed by atoms with van der Waals surface area (Å²) < 4.78 is 0. The lowest BCUT2D eigenvalue weighted by Crippen LogP contribution is -2.37. The summed E-state index contributed by atoms with van der Waals surface area (Å²) in [5, 5.41) is 13.4. The van der Waals surface area contributed by atoms with Crippen LogP contribution in [0.5, 0.6) is 0 Å². The van der Waals surface area contributed by atoms with Crippen LogP contribution in [0, 0.1) is 11.3 Å². The Morgan fingerprint density at radius 2 is 1.90 bits per heavy atom. The molecule has 0 bridgehead atoms. The summed E-state index contributed by atoms with van der Waals surface area (Å²) in [7, 11) is 0. The van der Waals surface area contributed by atoms with Crippen LogP contribution in [0.4, 0.5) is 5.95 Å². The maximum atomic E-state index is 13.0. The van der Waals surface area contributed by atoms with Crippen LogP contribution in [-0.4, -0.2) is 55.5 Å². The third-order valence-electron chi connectivity index (χ3n) is 7.00. The number of aliphatic hydroxyl groups excluding tert-OH is 1. The fourth-order valence-corrected chi connectivity index (χ4v) is 5.05. The average Bonchev–Trinajstić information content (AvgIpc) is 3.45. The Kier molecular flexibility index (Phi) is 4.46. The van der Waals surface area contributed by atoms with E-state index in [1.807, 2.05) is 17.3 Å². The largest absolute Gasteiger partial charge is 0.396 e. The molecule has 8 nitrogen and oxygen atoms in total. The van der Waals surface area contributed by atoms with Gasteiger partial charge in [-0.3, -0.25) is 4.79 Å². The van der Waals surface area contributed by atoms with E-state index in [9.17, 15) is 9.90 Å². The van der Waals surface area contributed by atoms with Gasteiger partial charge in [0.25, 0.3) is 5.91 Å². The molecule has 3 aliphatic rings. The van der Waals surface area contributed by atoms with Crippen LogP contribution in [0.15, 0.2) is 31.1 Å². The summed E-state index contributed by atoms with van der Waals surface area (Å²) in [6, 6.07) is 0. The number of hydrogen-bond donors (Lipinski definition) is 2. The molecule has 2 aromatic heterocycles. The number of nitrogens with zero attached hydrogens (tertiary/aromatic N) is 5. The number of likely N-dealkylation sites (tertiary alicyclic amines) is 1. The molecule has 2 saturated carbocycles. The minimum Gasteiger partial charge on any atom is -0.396 e. The number of rotatable bonds is 5. The number of anilines is 1. The van der Waals surface area contributed by atoms with Crippen molar-refractivity contribution in [2.24, 2.45) is 11.3 Å². The van der Waals surface area contributed by atoms with Crippen LogP contribution in [0.2, 0.25) is 0 Å². The van der Waals surface area contributed by atoms with E-state index >= 15 is 0 Å². The van der Waals surface area contributed by atoms with Crippen molar-refractivity contribution < 1.29 is 9.90 Å². The molecule has 2 N–H and O–H groups in total. The highest BCUT2D eigenvalue weighted by Crippen LogP contribution is 2.48. The molecule has 0 spiro atoms. The van der Waals surface area contributed by atoms with Gasteiger partial charge in [-0.15, -0.1) is 0 Å². The summed E-state index contributed by atoms with van der Waals surface area (Å²) in [4.78, 5) is 31.9. The van der Waals surface area contributed by atoms with Gasteiger partial charge in [0.15, 0.2) is 0 Å². The molecule has 3 fully saturated rings. The second kappa shape index (κ2) is 7.02. The van der Waals surface area contributed by atoms with E-state index in [0.717, 1.165) is 44.2 Å². The van der Waals surface area contributed by atoms with Gasteiger partial charge in [-0.1, -0.05) is 12.8 Å². The Bertz CT molecular complexity index is 886. The second-order valence-electron chi connectivity index (χ2n) is 8.78. The van der Waals surface area contributed by atoms with Crippen molar-refractivity contribution >= 4 is 11.9 Å². The molecule has 0 unspecified atom stereocenters. The monoisotopic (exact) mass is 394 g/mol. The molecule has 2 aliphatic carbocycles. The average molecular weight is 394 g/mol. The second-order valence-corrected chi connectivity index (χ2v) is 8.78. The summed E-state index contributed by atoms with van der Waals surface area (Å²) in [5.74, 6) is 0.857. The predicted octanol–water partition coefficient (Wildman–Crippen LogP) is 1.99. The molecule has 1 saturated heterocycles. The first-order chi connectivity index (χ1) is 14.1. The highest BCUT2D eigenvalue weighted by atomic mass is 16.3. The van der Waals surface area contributed by atoms with Crippen molar-refractivity contribution in [1.82, 2.24) is 24.8 Å². The van der Waals surface area contributed by atoms with Gasteiger partial charge in [-0.2, -0.15) is 0 Å². The smallest absolute Gasteiger partial charge is 0.257 e. The fraction of sp³-hybridized carbons (Fsp3) is 0.571. The third kappa shape index (κ3) is 3.25. The number of carbonyl (C=O) groups is 1. The number of fused-ring (bicyclic) bond motifs is 1. The molecule has 1 aliphatic heterocycles. The van der Waals surface area contributed by atoms with Crippen LogP contribution >= 0.6 is 0 Å². The molecule has 8 heteroatoms. The third-order valence-corrected chi connectivity index (χ3v) is 7.00. The normalized spacial score (nSPS) is 27.3. The minimum absolute atomic E-state index is 0.0450. The lowest BCUT2D eigenvalue weighted by atomic mass is 9.69. The summed E-state index contributed by atoms with van der Waals surface area (Å²) in [5.41, 5.74) is 1.20. The van der Waals surface area contributed by atoms with E-state index in [-0.39, 0.29) is 23.5 Å². The summed E-state index contributed by atoms with van der Waals surface area (Å²) in [6.07, 6.45) is 14.7.